The summed E-state index contributed by atoms with van der Waals surface area (Å²) < 4.78 is 0. The Balaban J connectivity index is 2.10. The number of carboxylic acid groups (broad SMARTS) is 1. The maximum atomic E-state index is 10.2. The van der Waals surface area contributed by atoms with Crippen LogP contribution in [-0.4, -0.2) is 23.7 Å². The molecule has 0 heterocycles. The maximum absolute atomic E-state index is 10.2. The highest BCUT2D eigenvalue weighted by molar-refractivity contribution is 5.66. The first kappa shape index (κ1) is 9.52. The standard InChI is InChI=1S/C9H17NO2/c1-7(9(2)4-5-9)10-6-3-8(11)12/h7,10H,3-6H2,1-2H3,(H,11,12). The molecular formula is C9H17NO2. The van der Waals surface area contributed by atoms with Gasteiger partial charge in [0.15, 0.2) is 0 Å². The highest BCUT2D eigenvalue weighted by atomic mass is 16.4. The molecule has 1 aliphatic carbocycles. The molecule has 1 fully saturated rings. The Labute approximate surface area is 73.2 Å². The summed E-state index contributed by atoms with van der Waals surface area (Å²) in [6.45, 7) is 4.96. The van der Waals surface area contributed by atoms with E-state index in [1.165, 1.54) is 12.8 Å². The second-order valence-electron chi connectivity index (χ2n) is 3.97. The monoisotopic (exact) mass is 171 g/mol. The summed E-state index contributed by atoms with van der Waals surface area (Å²) in [7, 11) is 0. The van der Waals surface area contributed by atoms with Crippen molar-refractivity contribution in [3.05, 3.63) is 0 Å². The van der Waals surface area contributed by atoms with Crippen LogP contribution in [0.15, 0.2) is 0 Å². The average Bonchev–Trinajstić information content (AvgIpc) is 2.68. The van der Waals surface area contributed by atoms with E-state index in [9.17, 15) is 4.79 Å². The third-order valence-electron chi connectivity index (χ3n) is 2.87. The molecule has 1 rings (SSSR count). The summed E-state index contributed by atoms with van der Waals surface area (Å²) in [6.07, 6.45) is 2.77. The lowest BCUT2D eigenvalue weighted by atomic mass is 10.0. The van der Waals surface area contributed by atoms with Crippen LogP contribution >= 0.6 is 0 Å². The van der Waals surface area contributed by atoms with Gasteiger partial charge in [-0.3, -0.25) is 4.79 Å². The van der Waals surface area contributed by atoms with Crippen LogP contribution in [0.2, 0.25) is 0 Å². The molecule has 0 aromatic heterocycles. The molecule has 0 spiro atoms. The molecule has 0 bridgehead atoms. The summed E-state index contributed by atoms with van der Waals surface area (Å²) in [5, 5.41) is 11.6. The largest absolute Gasteiger partial charge is 0.481 e. The van der Waals surface area contributed by atoms with E-state index < -0.39 is 5.97 Å². The van der Waals surface area contributed by atoms with Gasteiger partial charge in [0.05, 0.1) is 6.42 Å². The summed E-state index contributed by atoms with van der Waals surface area (Å²) in [5.41, 5.74) is 0.443. The highest BCUT2D eigenvalue weighted by Gasteiger charge is 2.41. The van der Waals surface area contributed by atoms with Crippen molar-refractivity contribution in [1.29, 1.82) is 0 Å². The van der Waals surface area contributed by atoms with Crippen LogP contribution in [0.1, 0.15) is 33.1 Å². The molecule has 0 radical (unpaired) electrons. The number of hydrogen-bond donors (Lipinski definition) is 2. The zero-order valence-electron chi connectivity index (χ0n) is 7.76. The van der Waals surface area contributed by atoms with Crippen molar-refractivity contribution >= 4 is 5.97 Å². The molecule has 0 aliphatic heterocycles. The zero-order valence-corrected chi connectivity index (χ0v) is 7.76. The smallest absolute Gasteiger partial charge is 0.304 e. The molecular weight excluding hydrogens is 154 g/mol. The van der Waals surface area contributed by atoms with E-state index in [0.29, 0.717) is 18.0 Å². The van der Waals surface area contributed by atoms with Gasteiger partial charge < -0.3 is 10.4 Å². The van der Waals surface area contributed by atoms with Crippen LogP contribution < -0.4 is 5.32 Å². The van der Waals surface area contributed by atoms with E-state index in [1.54, 1.807) is 0 Å². The molecule has 1 atom stereocenters. The molecule has 0 amide bonds. The van der Waals surface area contributed by atoms with Crippen molar-refractivity contribution in [2.24, 2.45) is 5.41 Å². The van der Waals surface area contributed by atoms with Crippen LogP contribution in [0, 0.1) is 5.41 Å². The molecule has 70 valence electrons. The number of aliphatic carboxylic acids is 1. The molecule has 3 heteroatoms. The van der Waals surface area contributed by atoms with Crippen LogP contribution in [0.25, 0.3) is 0 Å². The zero-order chi connectivity index (χ0) is 9.19. The Hall–Kier alpha value is -0.570. The van der Waals surface area contributed by atoms with Gasteiger partial charge in [0.1, 0.15) is 0 Å². The average molecular weight is 171 g/mol. The fraction of sp³-hybridized carbons (Fsp3) is 0.889. The van der Waals surface area contributed by atoms with E-state index in [1.807, 2.05) is 0 Å². The van der Waals surface area contributed by atoms with Gasteiger partial charge in [0.2, 0.25) is 0 Å². The first-order valence-corrected chi connectivity index (χ1v) is 4.50. The second kappa shape index (κ2) is 3.44. The van der Waals surface area contributed by atoms with Crippen molar-refractivity contribution in [1.82, 2.24) is 5.32 Å². The minimum absolute atomic E-state index is 0.223. The van der Waals surface area contributed by atoms with Gasteiger partial charge in [-0.2, -0.15) is 0 Å². The Morgan fingerprint density at radius 2 is 2.25 bits per heavy atom. The first-order valence-electron chi connectivity index (χ1n) is 4.50. The van der Waals surface area contributed by atoms with Crippen molar-refractivity contribution in [3.63, 3.8) is 0 Å². The molecule has 0 aromatic rings. The van der Waals surface area contributed by atoms with E-state index in [-0.39, 0.29) is 6.42 Å². The molecule has 1 unspecified atom stereocenters. The Kier molecular flexibility index (Phi) is 2.73. The fourth-order valence-corrected chi connectivity index (χ4v) is 1.27. The molecule has 0 aromatic carbocycles. The molecule has 1 aliphatic rings. The summed E-state index contributed by atoms with van der Waals surface area (Å²) in [6, 6.07) is 0.455. The van der Waals surface area contributed by atoms with Crippen LogP contribution in [0.4, 0.5) is 0 Å². The van der Waals surface area contributed by atoms with Gasteiger partial charge in [-0.05, 0) is 25.2 Å². The van der Waals surface area contributed by atoms with Gasteiger partial charge in [-0.15, -0.1) is 0 Å². The third kappa shape index (κ3) is 2.48. The molecule has 3 nitrogen and oxygen atoms in total. The van der Waals surface area contributed by atoms with Crippen molar-refractivity contribution < 1.29 is 9.90 Å². The van der Waals surface area contributed by atoms with Crippen molar-refractivity contribution in [2.45, 2.75) is 39.2 Å². The lowest BCUT2D eigenvalue weighted by Crippen LogP contribution is -2.34. The highest BCUT2D eigenvalue weighted by Crippen LogP contribution is 2.47. The number of carbonyl (C=O) groups is 1. The van der Waals surface area contributed by atoms with Gasteiger partial charge in [-0.25, -0.2) is 0 Å². The predicted octanol–water partition coefficient (Wildman–Crippen LogP) is 1.24. The summed E-state index contributed by atoms with van der Waals surface area (Å²) in [5.74, 6) is -0.726. The number of rotatable bonds is 5. The second-order valence-corrected chi connectivity index (χ2v) is 3.97. The van der Waals surface area contributed by atoms with E-state index in [2.05, 4.69) is 19.2 Å². The van der Waals surface area contributed by atoms with Gasteiger partial charge in [0.25, 0.3) is 0 Å². The van der Waals surface area contributed by atoms with Crippen molar-refractivity contribution in [2.75, 3.05) is 6.54 Å². The predicted molar refractivity (Wildman–Crippen MR) is 47.1 cm³/mol. The normalized spacial score (nSPS) is 21.8. The SMILES string of the molecule is CC(NCCC(=O)O)C1(C)CC1. The molecule has 2 N–H and O–H groups in total. The summed E-state index contributed by atoms with van der Waals surface area (Å²) >= 11 is 0. The minimum atomic E-state index is -0.726. The Morgan fingerprint density at radius 1 is 1.67 bits per heavy atom. The Morgan fingerprint density at radius 3 is 2.67 bits per heavy atom. The van der Waals surface area contributed by atoms with Crippen LogP contribution in [0.5, 0.6) is 0 Å². The van der Waals surface area contributed by atoms with Crippen LogP contribution in [-0.2, 0) is 4.79 Å². The van der Waals surface area contributed by atoms with E-state index in [0.717, 1.165) is 0 Å². The molecule has 12 heavy (non-hydrogen) atoms. The summed E-state index contributed by atoms with van der Waals surface area (Å²) in [4.78, 5) is 10.2. The maximum Gasteiger partial charge on any atom is 0.304 e. The first-order chi connectivity index (χ1) is 5.54. The van der Waals surface area contributed by atoms with Crippen molar-refractivity contribution in [3.8, 4) is 0 Å². The number of carboxylic acids is 1. The van der Waals surface area contributed by atoms with Gasteiger partial charge in [-0.1, -0.05) is 6.92 Å². The fourth-order valence-electron chi connectivity index (χ4n) is 1.27. The van der Waals surface area contributed by atoms with E-state index >= 15 is 0 Å². The van der Waals surface area contributed by atoms with Gasteiger partial charge in [0, 0.05) is 12.6 Å². The van der Waals surface area contributed by atoms with E-state index in [4.69, 9.17) is 5.11 Å². The lowest BCUT2D eigenvalue weighted by molar-refractivity contribution is -0.136. The Bertz CT molecular complexity index is 175. The number of nitrogens with one attached hydrogen (secondary N) is 1. The molecule has 0 saturated heterocycles. The quantitative estimate of drug-likeness (QED) is 0.654. The lowest BCUT2D eigenvalue weighted by Gasteiger charge is -2.19. The topological polar surface area (TPSA) is 49.3 Å². The van der Waals surface area contributed by atoms with Gasteiger partial charge >= 0.3 is 5.97 Å². The number of hydrogen-bond acceptors (Lipinski definition) is 2. The van der Waals surface area contributed by atoms with Crippen LogP contribution in [0.3, 0.4) is 0 Å². The minimum Gasteiger partial charge on any atom is -0.481 e. The molecule has 1 saturated carbocycles. The third-order valence-corrected chi connectivity index (χ3v) is 2.87.